The Morgan fingerprint density at radius 1 is 1.00 bits per heavy atom. The fourth-order valence-electron chi connectivity index (χ4n) is 2.68. The van der Waals surface area contributed by atoms with E-state index >= 15 is 0 Å². The molecular formula is C21H28N2O3S. The zero-order valence-corrected chi connectivity index (χ0v) is 17.0. The number of hydrogen-bond donors (Lipinski definition) is 2. The minimum absolute atomic E-state index is 0.0739. The quantitative estimate of drug-likeness (QED) is 0.673. The van der Waals surface area contributed by atoms with Crippen LogP contribution in [0.4, 0.5) is 5.69 Å². The summed E-state index contributed by atoms with van der Waals surface area (Å²) in [6.45, 7) is 6.45. The lowest BCUT2D eigenvalue weighted by Gasteiger charge is -2.12. The lowest BCUT2D eigenvalue weighted by atomic mass is 10.1. The van der Waals surface area contributed by atoms with E-state index in [1.165, 1.54) is 17.7 Å². The van der Waals surface area contributed by atoms with Crippen molar-refractivity contribution in [3.05, 3.63) is 59.2 Å². The van der Waals surface area contributed by atoms with E-state index < -0.39 is 10.0 Å². The molecule has 146 valence electrons. The van der Waals surface area contributed by atoms with E-state index in [1.807, 2.05) is 19.1 Å². The first-order valence-electron chi connectivity index (χ1n) is 9.38. The van der Waals surface area contributed by atoms with Gasteiger partial charge in [-0.3, -0.25) is 9.52 Å². The Balaban J connectivity index is 2.19. The lowest BCUT2D eigenvalue weighted by Crippen LogP contribution is -2.25. The first kappa shape index (κ1) is 21.0. The number of hydrogen-bond acceptors (Lipinski definition) is 3. The van der Waals surface area contributed by atoms with Gasteiger partial charge in [-0.2, -0.15) is 0 Å². The number of rotatable bonds is 9. The Morgan fingerprint density at radius 2 is 1.70 bits per heavy atom. The van der Waals surface area contributed by atoms with E-state index in [4.69, 9.17) is 0 Å². The van der Waals surface area contributed by atoms with Gasteiger partial charge in [-0.15, -0.1) is 0 Å². The van der Waals surface area contributed by atoms with E-state index in [0.29, 0.717) is 17.8 Å². The van der Waals surface area contributed by atoms with Crippen LogP contribution >= 0.6 is 0 Å². The van der Waals surface area contributed by atoms with Gasteiger partial charge in [-0.05, 0) is 61.6 Å². The molecular weight excluding hydrogens is 360 g/mol. The number of amides is 1. The molecule has 0 saturated heterocycles. The van der Waals surface area contributed by atoms with Gasteiger partial charge in [-0.1, -0.05) is 38.5 Å². The molecule has 0 heterocycles. The Hall–Kier alpha value is -2.34. The third-order valence-corrected chi connectivity index (χ3v) is 5.70. The van der Waals surface area contributed by atoms with Crippen molar-refractivity contribution < 1.29 is 13.2 Å². The van der Waals surface area contributed by atoms with Gasteiger partial charge in [0.1, 0.15) is 0 Å². The topological polar surface area (TPSA) is 75.3 Å². The highest BCUT2D eigenvalue weighted by Gasteiger charge is 2.18. The molecule has 6 heteroatoms. The predicted molar refractivity (Wildman–Crippen MR) is 110 cm³/mol. The molecule has 2 rings (SSSR count). The molecule has 0 unspecified atom stereocenters. The lowest BCUT2D eigenvalue weighted by molar-refractivity contribution is 0.0953. The van der Waals surface area contributed by atoms with E-state index in [2.05, 4.69) is 17.0 Å². The number of sulfonamides is 1. The maximum Gasteiger partial charge on any atom is 0.261 e. The van der Waals surface area contributed by atoms with Crippen LogP contribution in [-0.4, -0.2) is 20.9 Å². The molecule has 0 aliphatic carbocycles. The summed E-state index contributed by atoms with van der Waals surface area (Å²) in [5.74, 6) is -0.258. The molecule has 0 aliphatic rings. The van der Waals surface area contributed by atoms with Crippen molar-refractivity contribution >= 4 is 21.6 Å². The molecule has 0 aliphatic heterocycles. The van der Waals surface area contributed by atoms with Crippen molar-refractivity contribution in [2.75, 3.05) is 11.3 Å². The second-order valence-corrected chi connectivity index (χ2v) is 8.32. The molecule has 27 heavy (non-hydrogen) atoms. The van der Waals surface area contributed by atoms with E-state index in [0.717, 1.165) is 31.2 Å². The minimum Gasteiger partial charge on any atom is -0.352 e. The van der Waals surface area contributed by atoms with Crippen LogP contribution in [0.25, 0.3) is 0 Å². The zero-order chi connectivity index (χ0) is 19.9. The summed E-state index contributed by atoms with van der Waals surface area (Å²) >= 11 is 0. The molecule has 5 nitrogen and oxygen atoms in total. The van der Waals surface area contributed by atoms with Gasteiger partial charge in [0.2, 0.25) is 0 Å². The number of carbonyl (C=O) groups excluding carboxylic acids is 1. The Kier molecular flexibility index (Phi) is 7.42. The largest absolute Gasteiger partial charge is 0.352 e. The maximum absolute atomic E-state index is 12.7. The van der Waals surface area contributed by atoms with Crippen LogP contribution in [0.2, 0.25) is 0 Å². The molecule has 2 aromatic rings. The number of anilines is 1. The summed E-state index contributed by atoms with van der Waals surface area (Å²) in [6.07, 6.45) is 4.03. The van der Waals surface area contributed by atoms with Gasteiger partial charge in [0.25, 0.3) is 15.9 Å². The molecule has 0 radical (unpaired) electrons. The zero-order valence-electron chi connectivity index (χ0n) is 16.2. The van der Waals surface area contributed by atoms with E-state index in [9.17, 15) is 13.2 Å². The Bertz CT molecular complexity index is 875. The van der Waals surface area contributed by atoms with E-state index in [-0.39, 0.29) is 10.8 Å². The van der Waals surface area contributed by atoms with Gasteiger partial charge < -0.3 is 5.32 Å². The van der Waals surface area contributed by atoms with Crippen molar-refractivity contribution in [1.82, 2.24) is 5.32 Å². The fraction of sp³-hybridized carbons (Fsp3) is 0.381. The standard InChI is InChI=1S/C21H28N2O3S/c1-4-6-7-17-9-11-18(12-10-17)23-27(25,26)19-13-8-16(3)20(15-19)21(24)22-14-5-2/h8-13,15,23H,4-7,14H2,1-3H3,(H,22,24). The van der Waals surface area contributed by atoms with Crippen LogP contribution < -0.4 is 10.0 Å². The predicted octanol–water partition coefficient (Wildman–Crippen LogP) is 4.28. The second-order valence-electron chi connectivity index (χ2n) is 6.64. The summed E-state index contributed by atoms with van der Waals surface area (Å²) in [5, 5.41) is 2.79. The van der Waals surface area contributed by atoms with Crippen LogP contribution in [0.15, 0.2) is 47.4 Å². The van der Waals surface area contributed by atoms with Crippen molar-refractivity contribution in [2.45, 2.75) is 51.3 Å². The summed E-state index contributed by atoms with van der Waals surface area (Å²) in [5.41, 5.74) is 2.81. The Morgan fingerprint density at radius 3 is 2.33 bits per heavy atom. The molecule has 0 saturated carbocycles. The molecule has 2 aromatic carbocycles. The third-order valence-electron chi connectivity index (χ3n) is 4.32. The number of nitrogens with one attached hydrogen (secondary N) is 2. The average Bonchev–Trinajstić information content (AvgIpc) is 2.65. The number of carbonyl (C=O) groups is 1. The molecule has 0 bridgehead atoms. The van der Waals surface area contributed by atoms with Crippen molar-refractivity contribution in [3.8, 4) is 0 Å². The van der Waals surface area contributed by atoms with Crippen molar-refractivity contribution in [3.63, 3.8) is 0 Å². The summed E-state index contributed by atoms with van der Waals surface area (Å²) in [7, 11) is -3.77. The molecule has 0 fully saturated rings. The Labute approximate surface area is 162 Å². The normalized spacial score (nSPS) is 11.2. The van der Waals surface area contributed by atoms with Gasteiger partial charge in [0.15, 0.2) is 0 Å². The monoisotopic (exact) mass is 388 g/mol. The molecule has 0 spiro atoms. The van der Waals surface area contributed by atoms with Gasteiger partial charge in [0, 0.05) is 17.8 Å². The third kappa shape index (κ3) is 5.82. The number of aryl methyl sites for hydroxylation is 2. The van der Waals surface area contributed by atoms with Crippen LogP contribution in [0.5, 0.6) is 0 Å². The van der Waals surface area contributed by atoms with Gasteiger partial charge >= 0.3 is 0 Å². The minimum atomic E-state index is -3.77. The SMILES string of the molecule is CCCCc1ccc(NS(=O)(=O)c2ccc(C)c(C(=O)NCCC)c2)cc1. The summed E-state index contributed by atoms with van der Waals surface area (Å²) in [4.78, 5) is 12.3. The molecule has 1 amide bonds. The second kappa shape index (κ2) is 9.55. The van der Waals surface area contributed by atoms with Crippen LogP contribution in [0.3, 0.4) is 0 Å². The van der Waals surface area contributed by atoms with Crippen LogP contribution in [0.1, 0.15) is 54.6 Å². The molecule has 0 aromatic heterocycles. The average molecular weight is 389 g/mol. The maximum atomic E-state index is 12.7. The highest BCUT2D eigenvalue weighted by molar-refractivity contribution is 7.92. The number of benzene rings is 2. The summed E-state index contributed by atoms with van der Waals surface area (Å²) in [6, 6.07) is 12.0. The van der Waals surface area contributed by atoms with Gasteiger partial charge in [0.05, 0.1) is 4.90 Å². The van der Waals surface area contributed by atoms with Crippen LogP contribution in [0, 0.1) is 6.92 Å². The highest BCUT2D eigenvalue weighted by Crippen LogP contribution is 2.20. The fourth-order valence-corrected chi connectivity index (χ4v) is 3.77. The summed E-state index contributed by atoms with van der Waals surface area (Å²) < 4.78 is 28.0. The highest BCUT2D eigenvalue weighted by atomic mass is 32.2. The molecule has 0 atom stereocenters. The smallest absolute Gasteiger partial charge is 0.261 e. The van der Waals surface area contributed by atoms with E-state index in [1.54, 1.807) is 25.1 Å². The van der Waals surface area contributed by atoms with Crippen molar-refractivity contribution in [2.24, 2.45) is 0 Å². The van der Waals surface area contributed by atoms with Crippen molar-refractivity contribution in [1.29, 1.82) is 0 Å². The number of unbranched alkanes of at least 4 members (excludes halogenated alkanes) is 1. The molecule has 2 N–H and O–H groups in total. The van der Waals surface area contributed by atoms with Crippen LogP contribution in [-0.2, 0) is 16.4 Å². The van der Waals surface area contributed by atoms with Gasteiger partial charge in [-0.25, -0.2) is 8.42 Å². The first-order valence-corrected chi connectivity index (χ1v) is 10.9. The first-order chi connectivity index (χ1) is 12.9.